The zero-order valence-electron chi connectivity index (χ0n) is 34.9. The molecule has 0 amide bonds. The fourth-order valence-electron chi connectivity index (χ4n) is 11.1. The van der Waals surface area contributed by atoms with E-state index >= 15 is 0 Å². The van der Waals surface area contributed by atoms with Crippen molar-refractivity contribution < 1.29 is 0 Å². The fourth-order valence-corrected chi connectivity index (χ4v) is 13.3. The maximum atomic E-state index is 2.62. The molecular formula is C57H47IN2. The van der Waals surface area contributed by atoms with Crippen LogP contribution in [0.2, 0.25) is 0 Å². The number of hydrogen-bond donors (Lipinski definition) is 0. The third kappa shape index (κ3) is 4.99. The fraction of sp³-hybridized carbons (Fsp3) is 0.158. The van der Waals surface area contributed by atoms with Crippen molar-refractivity contribution in [2.75, 3.05) is 14.3 Å². The molecular weight excluding hydrogens is 840 g/mol. The minimum atomic E-state index is -0.984. The number of benzene rings is 8. The Labute approximate surface area is 359 Å². The van der Waals surface area contributed by atoms with Crippen molar-refractivity contribution in [1.29, 1.82) is 0 Å². The Bertz CT molecular complexity index is 3290. The van der Waals surface area contributed by atoms with Crippen molar-refractivity contribution in [3.8, 4) is 44.8 Å². The van der Waals surface area contributed by atoms with Crippen LogP contribution in [0.15, 0.2) is 170 Å². The van der Waals surface area contributed by atoms with Crippen LogP contribution in [0.4, 0.5) is 0 Å². The van der Waals surface area contributed by atoms with Crippen LogP contribution >= 0.6 is 19.8 Å². The van der Waals surface area contributed by atoms with E-state index in [0.29, 0.717) is 0 Å². The van der Waals surface area contributed by atoms with Crippen molar-refractivity contribution in [3.05, 3.63) is 192 Å². The topological polar surface area (TPSA) is 9.86 Å². The summed E-state index contributed by atoms with van der Waals surface area (Å²) in [6, 6.07) is 64.2. The van der Waals surface area contributed by atoms with Crippen molar-refractivity contribution in [2.45, 2.75) is 38.0 Å². The van der Waals surface area contributed by atoms with E-state index < -0.39 is 19.8 Å². The molecule has 60 heavy (non-hydrogen) atoms. The quantitative estimate of drug-likeness (QED) is 0.116. The molecule has 2 aliphatic carbocycles. The number of alkyl halides is 3. The standard InChI is InChI=1S/C57H47IN2/c1-56(2)48-33-38(60-53-23-12-8-17-43(53)44-18-9-13-24-54(44)60)29-30-40(48)45-34-50-46(35-49(45)56)55-39(19-14-20-47(55)57(50,3)31-32-58(4)5)36-25-27-37(28-26-36)59-51-21-10-6-15-41(51)42-16-7-11-22-52(42)59/h6-30,33-35H,31-32H2,1-5H3. The van der Waals surface area contributed by atoms with Crippen molar-refractivity contribution in [2.24, 2.45) is 0 Å². The molecule has 2 aliphatic rings. The molecule has 0 spiro atoms. The minimum absolute atomic E-state index is 0.0593. The monoisotopic (exact) mass is 886 g/mol. The Morgan fingerprint density at radius 3 is 1.48 bits per heavy atom. The van der Waals surface area contributed by atoms with Gasteiger partial charge in [-0.1, -0.05) is 72.8 Å². The first-order valence-electron chi connectivity index (χ1n) is 21.2. The van der Waals surface area contributed by atoms with Gasteiger partial charge in [0.05, 0.1) is 0 Å². The van der Waals surface area contributed by atoms with E-state index in [0.717, 1.165) is 0 Å². The van der Waals surface area contributed by atoms with E-state index in [1.54, 1.807) is 0 Å². The van der Waals surface area contributed by atoms with Gasteiger partial charge in [-0.05, 0) is 24.3 Å². The number of halogens is 1. The molecule has 0 bridgehead atoms. The Hall–Kier alpha value is -5.91. The summed E-state index contributed by atoms with van der Waals surface area (Å²) in [6.07, 6.45) is 1.18. The molecule has 0 N–H and O–H groups in total. The summed E-state index contributed by atoms with van der Waals surface area (Å²) in [5, 5.41) is 5.18. The number of aromatic nitrogens is 2. The second-order valence-corrected chi connectivity index (χ2v) is 24.3. The third-order valence-electron chi connectivity index (χ3n) is 14.1. The van der Waals surface area contributed by atoms with Gasteiger partial charge in [0.1, 0.15) is 0 Å². The van der Waals surface area contributed by atoms with Gasteiger partial charge in [-0.25, -0.2) is 0 Å². The van der Waals surface area contributed by atoms with Gasteiger partial charge in [0.15, 0.2) is 0 Å². The predicted molar refractivity (Wildman–Crippen MR) is 265 cm³/mol. The third-order valence-corrected chi connectivity index (χ3v) is 16.8. The molecule has 0 saturated carbocycles. The molecule has 0 radical (unpaired) electrons. The SMILES string of the molecule is CI(C)CCC1(C)c2cc3c(cc2-c2c(-c4ccc(-n5c6ccccc6c6ccccc65)cc4)cccc21)C(C)(C)c1cc(-n2c4ccccc4c4ccccc42)ccc1-3. The van der Waals surface area contributed by atoms with E-state index in [9.17, 15) is 0 Å². The van der Waals surface area contributed by atoms with Crippen LogP contribution in [0.3, 0.4) is 0 Å². The molecule has 3 heteroatoms. The Morgan fingerprint density at radius 2 is 0.917 bits per heavy atom. The first kappa shape index (κ1) is 36.0. The summed E-state index contributed by atoms with van der Waals surface area (Å²) in [7, 11) is 0. The zero-order valence-corrected chi connectivity index (χ0v) is 37.0. The van der Waals surface area contributed by atoms with E-state index in [1.807, 2.05) is 0 Å². The van der Waals surface area contributed by atoms with Gasteiger partial charge < -0.3 is 0 Å². The number of hydrogen-bond acceptors (Lipinski definition) is 0. The van der Waals surface area contributed by atoms with Crippen LogP contribution in [0.1, 0.15) is 49.4 Å². The molecule has 292 valence electrons. The molecule has 0 fully saturated rings. The molecule has 2 nitrogen and oxygen atoms in total. The van der Waals surface area contributed by atoms with E-state index in [2.05, 4.69) is 210 Å². The molecule has 10 aromatic rings. The normalized spacial score (nSPS) is 16.4. The van der Waals surface area contributed by atoms with Gasteiger partial charge in [-0.2, -0.15) is 0 Å². The van der Waals surface area contributed by atoms with Gasteiger partial charge in [-0.15, -0.1) is 0 Å². The average molecular weight is 887 g/mol. The van der Waals surface area contributed by atoms with Crippen LogP contribution in [0.25, 0.3) is 88.4 Å². The molecule has 0 saturated heterocycles. The molecule has 0 aliphatic heterocycles. The van der Waals surface area contributed by atoms with Crippen LogP contribution in [-0.4, -0.2) is 23.4 Å². The molecule has 12 rings (SSSR count). The van der Waals surface area contributed by atoms with Crippen molar-refractivity contribution in [3.63, 3.8) is 0 Å². The van der Waals surface area contributed by atoms with Crippen LogP contribution in [0, 0.1) is 0 Å². The van der Waals surface area contributed by atoms with Crippen molar-refractivity contribution in [1.82, 2.24) is 9.13 Å². The summed E-state index contributed by atoms with van der Waals surface area (Å²) in [4.78, 5) is 5.05. The number of nitrogens with zero attached hydrogens (tertiary/aromatic N) is 2. The van der Waals surface area contributed by atoms with Crippen LogP contribution in [-0.2, 0) is 10.8 Å². The summed E-state index contributed by atoms with van der Waals surface area (Å²) in [5.74, 6) is 0. The average Bonchev–Trinajstić information content (AvgIpc) is 3.94. The predicted octanol–water partition coefficient (Wildman–Crippen LogP) is 15.3. The summed E-state index contributed by atoms with van der Waals surface area (Å²) in [6.45, 7) is 7.43. The second kappa shape index (κ2) is 13.0. The summed E-state index contributed by atoms with van der Waals surface area (Å²) >= 11 is -0.984. The maximum absolute atomic E-state index is 2.62. The first-order chi connectivity index (χ1) is 29.2. The summed E-state index contributed by atoms with van der Waals surface area (Å²) < 4.78 is 6.22. The number of rotatable bonds is 6. The number of fused-ring (bicyclic) bond motifs is 12. The first-order valence-corrected chi connectivity index (χ1v) is 27.1. The Balaban J connectivity index is 1.01. The Kier molecular flexibility index (Phi) is 7.82. The Morgan fingerprint density at radius 1 is 0.417 bits per heavy atom. The summed E-state index contributed by atoms with van der Waals surface area (Å²) in [5.41, 5.74) is 21.2. The van der Waals surface area contributed by atoms with Crippen LogP contribution in [0.5, 0.6) is 0 Å². The van der Waals surface area contributed by atoms with Gasteiger partial charge in [0.25, 0.3) is 0 Å². The van der Waals surface area contributed by atoms with Gasteiger partial charge >= 0.3 is 243 Å². The molecule has 2 aromatic heterocycles. The van der Waals surface area contributed by atoms with Gasteiger partial charge in [0.2, 0.25) is 0 Å². The van der Waals surface area contributed by atoms with Gasteiger partial charge in [0, 0.05) is 21.5 Å². The van der Waals surface area contributed by atoms with E-state index in [1.165, 1.54) is 121 Å². The zero-order chi connectivity index (χ0) is 40.5. The molecule has 8 aromatic carbocycles. The molecule has 1 atom stereocenters. The van der Waals surface area contributed by atoms with Crippen molar-refractivity contribution >= 4 is 63.4 Å². The van der Waals surface area contributed by atoms with Crippen LogP contribution < -0.4 is 0 Å². The number of para-hydroxylation sites is 4. The van der Waals surface area contributed by atoms with Gasteiger partial charge in [-0.3, -0.25) is 0 Å². The second-order valence-electron chi connectivity index (χ2n) is 18.0. The van der Waals surface area contributed by atoms with E-state index in [-0.39, 0.29) is 10.8 Å². The molecule has 1 unspecified atom stereocenters. The molecule has 2 heterocycles. The van der Waals surface area contributed by atoms with E-state index in [4.69, 9.17) is 0 Å².